The molecule has 0 N–H and O–H groups in total. The van der Waals surface area contributed by atoms with Crippen LogP contribution in [0.1, 0.15) is 51.2 Å². The van der Waals surface area contributed by atoms with E-state index in [1.165, 1.54) is 11.1 Å². The number of benzene rings is 1. The smallest absolute Gasteiger partial charge is 0.410 e. The molecule has 0 atom stereocenters. The molecule has 2 aromatic rings. The number of hydrogen-bond acceptors (Lipinski definition) is 4. The molecule has 0 saturated carbocycles. The van der Waals surface area contributed by atoms with Gasteiger partial charge in [-0.2, -0.15) is 0 Å². The maximum atomic E-state index is 12.4. The first-order chi connectivity index (χ1) is 14.3. The predicted molar refractivity (Wildman–Crippen MR) is 121 cm³/mol. The van der Waals surface area contributed by atoms with Crippen molar-refractivity contribution in [1.82, 2.24) is 9.88 Å². The van der Waals surface area contributed by atoms with E-state index in [1.54, 1.807) is 4.90 Å². The van der Waals surface area contributed by atoms with Gasteiger partial charge in [-0.15, -0.1) is 0 Å². The Balaban J connectivity index is 1.42. The summed E-state index contributed by atoms with van der Waals surface area (Å²) in [6.07, 6.45) is 5.31. The van der Waals surface area contributed by atoms with Gasteiger partial charge in [0, 0.05) is 43.0 Å². The van der Waals surface area contributed by atoms with Crippen molar-refractivity contribution in [2.24, 2.45) is 0 Å². The molecule has 0 unspecified atom stereocenters. The molecule has 1 aromatic heterocycles. The van der Waals surface area contributed by atoms with Gasteiger partial charge in [-0.1, -0.05) is 22.0 Å². The number of piperidine rings is 1. The van der Waals surface area contributed by atoms with Crippen molar-refractivity contribution >= 4 is 22.0 Å². The summed E-state index contributed by atoms with van der Waals surface area (Å²) < 4.78 is 12.0. The first-order valence-corrected chi connectivity index (χ1v) is 11.7. The molecule has 1 aromatic carbocycles. The van der Waals surface area contributed by atoms with Crippen LogP contribution in [0, 0.1) is 0 Å². The molecule has 1 spiro atoms. The van der Waals surface area contributed by atoms with Gasteiger partial charge in [-0.25, -0.2) is 4.79 Å². The Morgan fingerprint density at radius 3 is 2.60 bits per heavy atom. The molecule has 2 aliphatic rings. The number of pyridine rings is 1. The summed E-state index contributed by atoms with van der Waals surface area (Å²) >= 11 is 3.46. The molecule has 0 radical (unpaired) electrons. The number of hydrogen-bond donors (Lipinski definition) is 0. The number of amides is 1. The molecule has 0 aliphatic carbocycles. The Bertz CT molecular complexity index is 913. The number of halogens is 1. The first kappa shape index (κ1) is 21.2. The van der Waals surface area contributed by atoms with Crippen LogP contribution in [0.15, 0.2) is 36.5 Å². The lowest BCUT2D eigenvalue weighted by atomic mass is 9.83. The van der Waals surface area contributed by atoms with Crippen molar-refractivity contribution in [3.05, 3.63) is 47.7 Å². The van der Waals surface area contributed by atoms with E-state index in [4.69, 9.17) is 9.47 Å². The minimum absolute atomic E-state index is 0.178. The van der Waals surface area contributed by atoms with E-state index in [-0.39, 0.29) is 11.7 Å². The van der Waals surface area contributed by atoms with Gasteiger partial charge in [0.15, 0.2) is 0 Å². The van der Waals surface area contributed by atoms with Crippen LogP contribution in [0.25, 0.3) is 11.3 Å². The third-order valence-electron chi connectivity index (χ3n) is 5.84. The van der Waals surface area contributed by atoms with Gasteiger partial charge < -0.3 is 14.4 Å². The topological polar surface area (TPSA) is 51.7 Å². The van der Waals surface area contributed by atoms with Crippen LogP contribution in [-0.2, 0) is 16.5 Å². The number of likely N-dealkylation sites (tertiary alicyclic amines) is 1. The average molecular weight is 473 g/mol. The van der Waals surface area contributed by atoms with Gasteiger partial charge in [0.1, 0.15) is 17.0 Å². The number of alkyl halides is 1. The van der Waals surface area contributed by atoms with Crippen LogP contribution in [0.2, 0.25) is 0 Å². The van der Waals surface area contributed by atoms with E-state index in [9.17, 15) is 4.79 Å². The molecule has 5 nitrogen and oxygen atoms in total. The lowest BCUT2D eigenvalue weighted by molar-refractivity contribution is -0.0272. The fourth-order valence-corrected chi connectivity index (χ4v) is 4.46. The summed E-state index contributed by atoms with van der Waals surface area (Å²) in [5.41, 5.74) is 3.86. The highest BCUT2D eigenvalue weighted by Gasteiger charge is 2.41. The molecule has 6 heteroatoms. The SMILES string of the molecule is CC(C)(C)OC(=O)N1CCC2(CCc3cc(-c4ccc(CBr)cn4)ccc3O2)CC1. The summed E-state index contributed by atoms with van der Waals surface area (Å²) in [6.45, 7) is 7.05. The van der Waals surface area contributed by atoms with Crippen LogP contribution < -0.4 is 4.74 Å². The lowest BCUT2D eigenvalue weighted by Gasteiger charge is -2.44. The fourth-order valence-electron chi connectivity index (χ4n) is 4.13. The normalized spacial score (nSPS) is 17.9. The Hall–Kier alpha value is -2.08. The Labute approximate surface area is 186 Å². The number of carbonyl (C=O) groups is 1. The van der Waals surface area contributed by atoms with E-state index < -0.39 is 5.60 Å². The second-order valence-electron chi connectivity index (χ2n) is 9.26. The standard InChI is InChI=1S/C24H29BrN2O3/c1-23(2,3)30-22(28)27-12-10-24(11-13-27)9-8-19-14-18(5-7-21(19)29-24)20-6-4-17(15-25)16-26-20/h4-7,14,16H,8-13,15H2,1-3H3. The lowest BCUT2D eigenvalue weighted by Crippen LogP contribution is -2.52. The monoisotopic (exact) mass is 472 g/mol. The van der Waals surface area contributed by atoms with Crippen LogP contribution in [-0.4, -0.2) is 40.3 Å². The van der Waals surface area contributed by atoms with Crippen LogP contribution in [0.5, 0.6) is 5.75 Å². The van der Waals surface area contributed by atoms with E-state index >= 15 is 0 Å². The van der Waals surface area contributed by atoms with Gasteiger partial charge in [-0.05, 0) is 69.0 Å². The van der Waals surface area contributed by atoms with Crippen molar-refractivity contribution in [2.75, 3.05) is 13.1 Å². The third kappa shape index (κ3) is 4.64. The van der Waals surface area contributed by atoms with Gasteiger partial charge in [0.25, 0.3) is 0 Å². The minimum atomic E-state index is -0.465. The second kappa shape index (κ2) is 8.22. The van der Waals surface area contributed by atoms with Gasteiger partial charge in [-0.3, -0.25) is 4.98 Å². The number of ether oxygens (including phenoxy) is 2. The molecule has 1 fully saturated rings. The number of aromatic nitrogens is 1. The molecular weight excluding hydrogens is 444 g/mol. The van der Waals surface area contributed by atoms with Crippen molar-refractivity contribution < 1.29 is 14.3 Å². The van der Waals surface area contributed by atoms with E-state index in [2.05, 4.69) is 51.2 Å². The number of carbonyl (C=O) groups excluding carboxylic acids is 1. The van der Waals surface area contributed by atoms with E-state index in [0.29, 0.717) is 13.1 Å². The molecule has 160 valence electrons. The number of rotatable bonds is 2. The quantitative estimate of drug-likeness (QED) is 0.522. The summed E-state index contributed by atoms with van der Waals surface area (Å²) in [6, 6.07) is 10.5. The molecular formula is C24H29BrN2O3. The van der Waals surface area contributed by atoms with E-state index in [0.717, 1.165) is 48.0 Å². The molecule has 3 heterocycles. The van der Waals surface area contributed by atoms with Crippen LogP contribution in [0.3, 0.4) is 0 Å². The van der Waals surface area contributed by atoms with Gasteiger partial charge >= 0.3 is 6.09 Å². The van der Waals surface area contributed by atoms with Crippen molar-refractivity contribution in [3.8, 4) is 17.0 Å². The number of fused-ring (bicyclic) bond motifs is 1. The average Bonchev–Trinajstić information content (AvgIpc) is 2.73. The van der Waals surface area contributed by atoms with Crippen LogP contribution >= 0.6 is 15.9 Å². The highest BCUT2D eigenvalue weighted by atomic mass is 79.9. The van der Waals surface area contributed by atoms with E-state index in [1.807, 2.05) is 27.0 Å². The molecule has 30 heavy (non-hydrogen) atoms. The number of aryl methyl sites for hydroxylation is 1. The molecule has 1 saturated heterocycles. The Morgan fingerprint density at radius 2 is 1.97 bits per heavy atom. The summed E-state index contributed by atoms with van der Waals surface area (Å²) in [7, 11) is 0. The summed E-state index contributed by atoms with van der Waals surface area (Å²) in [5.74, 6) is 0.966. The summed E-state index contributed by atoms with van der Waals surface area (Å²) in [4.78, 5) is 18.7. The Morgan fingerprint density at radius 1 is 1.20 bits per heavy atom. The second-order valence-corrected chi connectivity index (χ2v) is 9.82. The van der Waals surface area contributed by atoms with Crippen molar-refractivity contribution in [2.45, 2.75) is 63.0 Å². The molecule has 2 aliphatic heterocycles. The first-order valence-electron chi connectivity index (χ1n) is 10.6. The molecule has 1 amide bonds. The molecule has 4 rings (SSSR count). The zero-order chi connectivity index (χ0) is 21.4. The van der Waals surface area contributed by atoms with Crippen molar-refractivity contribution in [3.63, 3.8) is 0 Å². The maximum Gasteiger partial charge on any atom is 0.410 e. The third-order valence-corrected chi connectivity index (χ3v) is 6.49. The van der Waals surface area contributed by atoms with Gasteiger partial charge in [0.05, 0.1) is 5.69 Å². The largest absolute Gasteiger partial charge is 0.487 e. The fraction of sp³-hybridized carbons (Fsp3) is 0.500. The zero-order valence-electron chi connectivity index (χ0n) is 17.9. The minimum Gasteiger partial charge on any atom is -0.487 e. The predicted octanol–water partition coefficient (Wildman–Crippen LogP) is 5.74. The maximum absolute atomic E-state index is 12.4. The highest BCUT2D eigenvalue weighted by molar-refractivity contribution is 9.08. The van der Waals surface area contributed by atoms with Gasteiger partial charge in [0.2, 0.25) is 0 Å². The Kier molecular flexibility index (Phi) is 5.80. The molecule has 0 bridgehead atoms. The summed E-state index contributed by atoms with van der Waals surface area (Å²) in [5, 5.41) is 0.811. The van der Waals surface area contributed by atoms with Crippen molar-refractivity contribution in [1.29, 1.82) is 0 Å². The highest BCUT2D eigenvalue weighted by Crippen LogP contribution is 2.40. The zero-order valence-corrected chi connectivity index (χ0v) is 19.5. The van der Waals surface area contributed by atoms with Crippen LogP contribution in [0.4, 0.5) is 4.79 Å². The number of nitrogens with zero attached hydrogens (tertiary/aromatic N) is 2.